The van der Waals surface area contributed by atoms with E-state index in [0.717, 1.165) is 72.8 Å². The Balaban J connectivity index is 1.38. The molecule has 2 unspecified atom stereocenters. The van der Waals surface area contributed by atoms with Crippen LogP contribution in [0, 0.1) is 5.92 Å². The Morgan fingerprint density at radius 1 is 0.620 bits per heavy atom. The lowest BCUT2D eigenvalue weighted by molar-refractivity contribution is -0.154. The highest BCUT2D eigenvalue weighted by molar-refractivity contribution is 5.81. The first-order chi connectivity index (χ1) is 24.5. The molecule has 0 bridgehead atoms. The molecule has 0 radical (unpaired) electrons. The van der Waals surface area contributed by atoms with Crippen LogP contribution in [-0.4, -0.2) is 49.6 Å². The second-order valence-electron chi connectivity index (χ2n) is 13.3. The number of fused-ring (bicyclic) bond motifs is 3. The zero-order chi connectivity index (χ0) is 35.0. The van der Waals surface area contributed by atoms with Crippen molar-refractivity contribution in [3.63, 3.8) is 0 Å². The summed E-state index contributed by atoms with van der Waals surface area (Å²) in [5.41, 5.74) is 5.05. The Labute approximate surface area is 295 Å². The molecule has 1 aliphatic carbocycles. The van der Waals surface area contributed by atoms with Gasteiger partial charge in [-0.05, 0) is 66.3 Å². The van der Waals surface area contributed by atoms with Crippen LogP contribution in [0.25, 0.3) is 11.1 Å². The number of esters is 1. The molecule has 3 aromatic rings. The molecule has 0 spiro atoms. The number of hydrogen-bond donors (Lipinski definition) is 3. The van der Waals surface area contributed by atoms with Crippen LogP contribution in [0.4, 0.5) is 4.79 Å². The second-order valence-corrected chi connectivity index (χ2v) is 13.3. The van der Waals surface area contributed by atoms with E-state index in [1.54, 1.807) is 0 Å². The largest absolute Gasteiger partial charge is 0.460 e. The van der Waals surface area contributed by atoms with Crippen LogP contribution in [0.2, 0.25) is 0 Å². The molecule has 1 fully saturated rings. The minimum atomic E-state index is -0.822. The van der Waals surface area contributed by atoms with Crippen LogP contribution in [0.1, 0.15) is 99.7 Å². The highest BCUT2D eigenvalue weighted by Gasteiger charge is 2.43. The molecule has 266 valence electrons. The van der Waals surface area contributed by atoms with Crippen LogP contribution in [0.15, 0.2) is 78.9 Å². The zero-order valence-corrected chi connectivity index (χ0v) is 29.0. The maximum absolute atomic E-state index is 14.1. The van der Waals surface area contributed by atoms with Crippen molar-refractivity contribution in [2.75, 3.05) is 19.6 Å². The van der Waals surface area contributed by atoms with E-state index in [0.29, 0.717) is 51.7 Å². The highest BCUT2D eigenvalue weighted by Crippen LogP contribution is 2.49. The summed E-state index contributed by atoms with van der Waals surface area (Å²) >= 11 is 0. The molecule has 3 aromatic carbocycles. The van der Waals surface area contributed by atoms with E-state index in [2.05, 4.69) is 40.2 Å². The average molecular weight is 682 g/mol. The lowest BCUT2D eigenvalue weighted by atomic mass is 9.81. The fourth-order valence-corrected chi connectivity index (χ4v) is 7.01. The Hall–Kier alpha value is -4.66. The topological polar surface area (TPSA) is 123 Å². The quantitative estimate of drug-likeness (QED) is 0.251. The van der Waals surface area contributed by atoms with Crippen molar-refractivity contribution in [1.82, 2.24) is 16.0 Å². The third-order valence-corrected chi connectivity index (χ3v) is 9.64. The third-order valence-electron chi connectivity index (χ3n) is 9.64. The molecule has 9 heteroatoms. The van der Waals surface area contributed by atoms with Crippen LogP contribution < -0.4 is 16.0 Å². The van der Waals surface area contributed by atoms with Crippen LogP contribution >= 0.6 is 0 Å². The van der Waals surface area contributed by atoms with Gasteiger partial charge in [0.05, 0.1) is 5.92 Å². The van der Waals surface area contributed by atoms with Crippen LogP contribution in [0.5, 0.6) is 0 Å². The lowest BCUT2D eigenvalue weighted by Crippen LogP contribution is -2.41. The summed E-state index contributed by atoms with van der Waals surface area (Å²) in [6, 6.07) is 25.8. The lowest BCUT2D eigenvalue weighted by Gasteiger charge is -2.31. The maximum Gasteiger partial charge on any atom is 0.407 e. The first kappa shape index (κ1) is 36.6. The summed E-state index contributed by atoms with van der Waals surface area (Å²) in [7, 11) is 0. The zero-order valence-electron chi connectivity index (χ0n) is 29.0. The van der Waals surface area contributed by atoms with Crippen molar-refractivity contribution in [2.45, 2.75) is 95.7 Å². The first-order valence-electron chi connectivity index (χ1n) is 18.4. The van der Waals surface area contributed by atoms with E-state index >= 15 is 0 Å². The smallest absolute Gasteiger partial charge is 0.407 e. The number of rotatable bonds is 4. The molecule has 9 nitrogen and oxygen atoms in total. The molecule has 1 saturated heterocycles. The monoisotopic (exact) mass is 681 g/mol. The molecular weight excluding hydrogens is 630 g/mol. The van der Waals surface area contributed by atoms with Gasteiger partial charge in [-0.2, -0.15) is 0 Å². The number of ether oxygens (including phenoxy) is 2. The summed E-state index contributed by atoms with van der Waals surface area (Å²) in [6.07, 6.45) is 6.94. The van der Waals surface area contributed by atoms with Crippen molar-refractivity contribution in [3.8, 4) is 11.1 Å². The van der Waals surface area contributed by atoms with Crippen LogP contribution in [0.3, 0.4) is 0 Å². The summed E-state index contributed by atoms with van der Waals surface area (Å²) in [5.74, 6) is -1.44. The summed E-state index contributed by atoms with van der Waals surface area (Å²) in [6.45, 7) is 1.70. The standard InChI is InChI=1S/C41H51N3O6/c45-36-24-8-3-15-27-43-37(46)25-9-4-16-28-44-41(48)50-39(38-33-21-12-10-19-31(33)32-20-11-13-22-34(32)38)35(23-7-2-14-26-42-36)40(47)49-29-30-17-5-1-6-18-30/h1,5-6,10-13,17-22,35,38-39H,2-4,7-9,14-16,23-29H2,(H,42,45)(H,43,46)(H,44,48). The van der Waals surface area contributed by atoms with Gasteiger partial charge in [-0.25, -0.2) is 4.79 Å². The minimum Gasteiger partial charge on any atom is -0.460 e. The number of hydrogen-bond acceptors (Lipinski definition) is 6. The molecule has 2 aliphatic rings. The molecule has 0 aromatic heterocycles. The predicted molar refractivity (Wildman–Crippen MR) is 193 cm³/mol. The van der Waals surface area contributed by atoms with Gasteiger partial charge in [-0.3, -0.25) is 14.4 Å². The predicted octanol–water partition coefficient (Wildman–Crippen LogP) is 7.18. The number of carbonyl (C=O) groups is 4. The molecule has 1 heterocycles. The van der Waals surface area contributed by atoms with E-state index < -0.39 is 24.1 Å². The number of cyclic esters (lactones) is 1. The summed E-state index contributed by atoms with van der Waals surface area (Å²) in [4.78, 5) is 52.3. The van der Waals surface area contributed by atoms with E-state index in [1.807, 2.05) is 54.6 Å². The Morgan fingerprint density at radius 3 is 1.74 bits per heavy atom. The Bertz CT molecular complexity index is 1520. The number of benzene rings is 3. The van der Waals surface area contributed by atoms with Gasteiger partial charge in [0.1, 0.15) is 12.7 Å². The Morgan fingerprint density at radius 2 is 1.14 bits per heavy atom. The fourth-order valence-electron chi connectivity index (χ4n) is 7.01. The van der Waals surface area contributed by atoms with E-state index in [9.17, 15) is 19.2 Å². The van der Waals surface area contributed by atoms with Crippen molar-refractivity contribution < 1.29 is 28.7 Å². The van der Waals surface area contributed by atoms with Gasteiger partial charge in [0.2, 0.25) is 11.8 Å². The summed E-state index contributed by atoms with van der Waals surface area (Å²) < 4.78 is 12.3. The second kappa shape index (κ2) is 19.5. The van der Waals surface area contributed by atoms with Crippen molar-refractivity contribution in [3.05, 3.63) is 95.6 Å². The number of carbonyl (C=O) groups excluding carboxylic acids is 4. The maximum atomic E-state index is 14.1. The molecule has 5 rings (SSSR count). The van der Waals surface area contributed by atoms with E-state index in [4.69, 9.17) is 9.47 Å². The van der Waals surface area contributed by atoms with Gasteiger partial charge in [-0.15, -0.1) is 0 Å². The molecular formula is C41H51N3O6. The molecule has 50 heavy (non-hydrogen) atoms. The minimum absolute atomic E-state index is 0.0229. The summed E-state index contributed by atoms with van der Waals surface area (Å²) in [5, 5.41) is 8.89. The van der Waals surface area contributed by atoms with E-state index in [-0.39, 0.29) is 24.3 Å². The van der Waals surface area contributed by atoms with Crippen molar-refractivity contribution in [2.24, 2.45) is 5.92 Å². The SMILES string of the molecule is O=C1CCCCCNC(=O)CCCCCNC(=O)OC(C2c3ccccc3-c3ccccc32)C(C(=O)OCc2ccccc2)CCCCCN1. The van der Waals surface area contributed by atoms with Gasteiger partial charge in [0.25, 0.3) is 0 Å². The Kier molecular flexibility index (Phi) is 14.3. The molecule has 1 aliphatic heterocycles. The number of nitrogens with one attached hydrogen (secondary N) is 3. The molecule has 3 N–H and O–H groups in total. The molecule has 3 amide bonds. The van der Waals surface area contributed by atoms with Crippen molar-refractivity contribution in [1.29, 1.82) is 0 Å². The van der Waals surface area contributed by atoms with Gasteiger partial charge < -0.3 is 25.4 Å². The normalized spacial score (nSPS) is 20.8. The fraction of sp³-hybridized carbons (Fsp3) is 0.463. The van der Waals surface area contributed by atoms with E-state index in [1.165, 1.54) is 0 Å². The van der Waals surface area contributed by atoms with Gasteiger partial charge in [0, 0.05) is 38.4 Å². The van der Waals surface area contributed by atoms with Gasteiger partial charge in [0.15, 0.2) is 0 Å². The molecule has 2 atom stereocenters. The van der Waals surface area contributed by atoms with Crippen molar-refractivity contribution >= 4 is 23.9 Å². The average Bonchev–Trinajstić information content (AvgIpc) is 3.46. The number of alkyl carbamates (subject to hydrolysis) is 1. The third kappa shape index (κ3) is 10.7. The highest BCUT2D eigenvalue weighted by atomic mass is 16.6. The molecule has 0 saturated carbocycles. The first-order valence-corrected chi connectivity index (χ1v) is 18.4. The van der Waals surface area contributed by atoms with Gasteiger partial charge in [-0.1, -0.05) is 105 Å². The van der Waals surface area contributed by atoms with Crippen LogP contribution in [-0.2, 0) is 30.5 Å². The number of amides is 3. The van der Waals surface area contributed by atoms with Gasteiger partial charge >= 0.3 is 12.1 Å².